The number of aromatic nitrogens is 4. The van der Waals surface area contributed by atoms with Crippen molar-refractivity contribution in [1.82, 2.24) is 19.7 Å². The maximum absolute atomic E-state index is 11.3. The number of rotatable bonds is 2. The van der Waals surface area contributed by atoms with E-state index in [2.05, 4.69) is 31.0 Å². The normalized spacial score (nSPS) is 11.3. The summed E-state index contributed by atoms with van der Waals surface area (Å²) in [4.78, 5) is 16.7. The molecular weight excluding hydrogens is 310 g/mol. The van der Waals surface area contributed by atoms with Crippen molar-refractivity contribution in [2.45, 2.75) is 6.54 Å². The Balaban J connectivity index is 2.23. The van der Waals surface area contributed by atoms with Crippen molar-refractivity contribution < 1.29 is 0 Å². The van der Waals surface area contributed by atoms with Crippen LogP contribution in [0, 0.1) is 0 Å². The van der Waals surface area contributed by atoms with Crippen molar-refractivity contribution >= 4 is 27.0 Å². The number of halogens is 1. The Labute approximate surface area is 116 Å². The molecule has 19 heavy (non-hydrogen) atoms. The van der Waals surface area contributed by atoms with Gasteiger partial charge >= 0.3 is 5.69 Å². The van der Waals surface area contributed by atoms with Crippen molar-refractivity contribution in [3.63, 3.8) is 0 Å². The summed E-state index contributed by atoms with van der Waals surface area (Å²) in [5, 5.41) is 4.36. The molecule has 3 rings (SSSR count). The molecule has 0 radical (unpaired) electrons. The number of hydrogen-bond donors (Lipinski definition) is 3. The summed E-state index contributed by atoms with van der Waals surface area (Å²) < 4.78 is 2.66. The fourth-order valence-electron chi connectivity index (χ4n) is 2.18. The smallest absolute Gasteiger partial charge is 0.323 e. The van der Waals surface area contributed by atoms with Crippen LogP contribution in [-0.4, -0.2) is 19.7 Å². The third-order valence-electron chi connectivity index (χ3n) is 3.04. The molecular formula is C12H12BrN5O. The Bertz CT molecular complexity index is 813. The number of H-pyrrole nitrogens is 2. The highest BCUT2D eigenvalue weighted by Crippen LogP contribution is 2.31. The van der Waals surface area contributed by atoms with Gasteiger partial charge in [0.1, 0.15) is 0 Å². The SMILES string of the molecule is Cn1nc(CN)c(Br)c1-c1ccc2[nH]c(=O)[nH]c2c1. The highest BCUT2D eigenvalue weighted by atomic mass is 79.9. The summed E-state index contributed by atoms with van der Waals surface area (Å²) in [6.07, 6.45) is 0. The molecule has 2 heterocycles. The summed E-state index contributed by atoms with van der Waals surface area (Å²) in [7, 11) is 1.86. The minimum absolute atomic E-state index is 0.209. The van der Waals surface area contributed by atoms with Crippen LogP contribution in [0.4, 0.5) is 0 Å². The average Bonchev–Trinajstić information content (AvgIpc) is 2.87. The number of benzene rings is 1. The van der Waals surface area contributed by atoms with Gasteiger partial charge in [-0.2, -0.15) is 5.10 Å². The van der Waals surface area contributed by atoms with Crippen LogP contribution in [-0.2, 0) is 13.6 Å². The lowest BCUT2D eigenvalue weighted by atomic mass is 10.1. The Morgan fingerprint density at radius 2 is 2.11 bits per heavy atom. The summed E-state index contributed by atoms with van der Waals surface area (Å²) in [6.45, 7) is 0.373. The van der Waals surface area contributed by atoms with E-state index in [4.69, 9.17) is 5.73 Å². The lowest BCUT2D eigenvalue weighted by molar-refractivity contribution is 0.749. The van der Waals surface area contributed by atoms with Gasteiger partial charge in [-0.1, -0.05) is 6.07 Å². The first-order valence-corrected chi connectivity index (χ1v) is 6.53. The third kappa shape index (κ3) is 1.91. The number of fused-ring (bicyclic) bond motifs is 1. The van der Waals surface area contributed by atoms with E-state index in [0.29, 0.717) is 6.54 Å². The number of nitrogens with zero attached hydrogens (tertiary/aromatic N) is 2. The Morgan fingerprint density at radius 1 is 1.37 bits per heavy atom. The zero-order chi connectivity index (χ0) is 13.6. The first kappa shape index (κ1) is 12.2. The molecule has 7 heteroatoms. The highest BCUT2D eigenvalue weighted by molar-refractivity contribution is 9.10. The van der Waals surface area contributed by atoms with Crippen molar-refractivity contribution in [3.8, 4) is 11.3 Å². The molecule has 1 aromatic carbocycles. The van der Waals surface area contributed by atoms with Crippen molar-refractivity contribution in [2.75, 3.05) is 0 Å². The first-order valence-electron chi connectivity index (χ1n) is 5.74. The van der Waals surface area contributed by atoms with Crippen LogP contribution >= 0.6 is 15.9 Å². The fraction of sp³-hybridized carbons (Fsp3) is 0.167. The maximum atomic E-state index is 11.3. The molecule has 0 atom stereocenters. The molecule has 0 amide bonds. The predicted octanol–water partition coefficient (Wildman–Crippen LogP) is 1.48. The molecule has 3 aromatic rings. The Morgan fingerprint density at radius 3 is 2.79 bits per heavy atom. The molecule has 0 unspecified atom stereocenters. The zero-order valence-corrected chi connectivity index (χ0v) is 11.8. The second-order valence-corrected chi connectivity index (χ2v) is 5.07. The van der Waals surface area contributed by atoms with Gasteiger partial charge in [-0.15, -0.1) is 0 Å². The number of hydrogen-bond acceptors (Lipinski definition) is 3. The average molecular weight is 322 g/mol. The number of nitrogens with one attached hydrogen (secondary N) is 2. The lowest BCUT2D eigenvalue weighted by Crippen LogP contribution is -1.99. The summed E-state index contributed by atoms with van der Waals surface area (Å²) in [5.74, 6) is 0. The van der Waals surface area contributed by atoms with Gasteiger partial charge in [0.2, 0.25) is 0 Å². The largest absolute Gasteiger partial charge is 0.325 e. The third-order valence-corrected chi connectivity index (χ3v) is 3.87. The van der Waals surface area contributed by atoms with Gasteiger partial charge < -0.3 is 15.7 Å². The standard InChI is InChI=1S/C12H12BrN5O/c1-18-11(10(13)9(5-14)17-18)6-2-3-7-8(4-6)16-12(19)15-7/h2-4H,5,14H2,1H3,(H2,15,16,19). The zero-order valence-electron chi connectivity index (χ0n) is 10.2. The fourth-order valence-corrected chi connectivity index (χ4v) is 2.90. The van der Waals surface area contributed by atoms with Gasteiger partial charge in [0.25, 0.3) is 0 Å². The van der Waals surface area contributed by atoms with Crippen LogP contribution < -0.4 is 11.4 Å². The maximum Gasteiger partial charge on any atom is 0.323 e. The van der Waals surface area contributed by atoms with Gasteiger partial charge in [0, 0.05) is 19.2 Å². The molecule has 4 N–H and O–H groups in total. The van der Waals surface area contributed by atoms with E-state index in [0.717, 1.165) is 32.5 Å². The van der Waals surface area contributed by atoms with E-state index < -0.39 is 0 Å². The van der Waals surface area contributed by atoms with Gasteiger partial charge in [-0.3, -0.25) is 4.68 Å². The van der Waals surface area contributed by atoms with E-state index in [1.54, 1.807) is 4.68 Å². The quantitative estimate of drug-likeness (QED) is 0.667. The summed E-state index contributed by atoms with van der Waals surface area (Å²) >= 11 is 3.53. The molecule has 2 aromatic heterocycles. The lowest BCUT2D eigenvalue weighted by Gasteiger charge is -2.03. The topological polar surface area (TPSA) is 92.5 Å². The Kier molecular flexibility index (Phi) is 2.79. The van der Waals surface area contributed by atoms with Crippen LogP contribution in [0.25, 0.3) is 22.3 Å². The van der Waals surface area contributed by atoms with Crippen LogP contribution in [0.2, 0.25) is 0 Å². The molecule has 0 saturated carbocycles. The minimum Gasteiger partial charge on any atom is -0.325 e. The second kappa shape index (κ2) is 4.36. The van der Waals surface area contributed by atoms with Crippen LogP contribution in [0.5, 0.6) is 0 Å². The molecule has 0 fully saturated rings. The van der Waals surface area contributed by atoms with Crippen molar-refractivity contribution in [2.24, 2.45) is 12.8 Å². The van der Waals surface area contributed by atoms with Crippen LogP contribution in [0.1, 0.15) is 5.69 Å². The molecule has 0 aliphatic rings. The number of aromatic amines is 2. The van der Waals surface area contributed by atoms with Crippen LogP contribution in [0.3, 0.4) is 0 Å². The predicted molar refractivity (Wildman–Crippen MR) is 76.7 cm³/mol. The number of imidazole rings is 1. The number of nitrogens with two attached hydrogens (primary N) is 1. The molecule has 0 aliphatic heterocycles. The number of aryl methyl sites for hydroxylation is 1. The van der Waals surface area contributed by atoms with Crippen molar-refractivity contribution in [1.29, 1.82) is 0 Å². The van der Waals surface area contributed by atoms with E-state index in [1.807, 2.05) is 25.2 Å². The van der Waals surface area contributed by atoms with Gasteiger partial charge in [0.15, 0.2) is 0 Å². The highest BCUT2D eigenvalue weighted by Gasteiger charge is 2.15. The van der Waals surface area contributed by atoms with Crippen molar-refractivity contribution in [3.05, 3.63) is 38.9 Å². The molecule has 98 valence electrons. The first-order chi connectivity index (χ1) is 9.10. The monoisotopic (exact) mass is 321 g/mol. The van der Waals surface area contributed by atoms with E-state index >= 15 is 0 Å². The second-order valence-electron chi connectivity index (χ2n) is 4.28. The molecule has 0 bridgehead atoms. The summed E-state index contributed by atoms with van der Waals surface area (Å²) in [5.41, 5.74) is 9.69. The molecule has 0 saturated heterocycles. The molecule has 0 spiro atoms. The van der Waals surface area contributed by atoms with E-state index in [9.17, 15) is 4.79 Å². The van der Waals surface area contributed by atoms with Crippen LogP contribution in [0.15, 0.2) is 27.5 Å². The summed E-state index contributed by atoms with van der Waals surface area (Å²) in [6, 6.07) is 5.72. The van der Waals surface area contributed by atoms with Gasteiger partial charge in [-0.05, 0) is 28.1 Å². The Hall–Kier alpha value is -1.86. The van der Waals surface area contributed by atoms with E-state index in [-0.39, 0.29) is 5.69 Å². The van der Waals surface area contributed by atoms with Gasteiger partial charge in [-0.25, -0.2) is 4.79 Å². The van der Waals surface area contributed by atoms with Gasteiger partial charge in [0.05, 0.1) is 26.9 Å². The minimum atomic E-state index is -0.209. The van der Waals surface area contributed by atoms with E-state index in [1.165, 1.54) is 0 Å². The molecule has 6 nitrogen and oxygen atoms in total. The molecule has 0 aliphatic carbocycles.